The largest absolute Gasteiger partial charge is 0.437 e. The molecule has 0 radical (unpaired) electrons. The van der Waals surface area contributed by atoms with E-state index in [-0.39, 0.29) is 40.3 Å². The molecule has 1 aliphatic heterocycles. The number of hydrogen-bond donors (Lipinski definition) is 2. The maximum Gasteiger partial charge on any atom is 0.255 e. The highest BCUT2D eigenvalue weighted by Crippen LogP contribution is 2.42. The summed E-state index contributed by atoms with van der Waals surface area (Å²) in [6, 6.07) is 5.04. The van der Waals surface area contributed by atoms with Crippen molar-refractivity contribution in [3.8, 4) is 11.3 Å². The number of rotatable bonds is 4. The summed E-state index contributed by atoms with van der Waals surface area (Å²) in [5.41, 5.74) is -0.381. The number of nitrogens with one attached hydrogen (secondary N) is 1. The third kappa shape index (κ3) is 3.94. The lowest BCUT2D eigenvalue weighted by Gasteiger charge is -2.22. The Morgan fingerprint density at radius 3 is 2.55 bits per heavy atom. The van der Waals surface area contributed by atoms with Crippen molar-refractivity contribution in [1.29, 1.82) is 0 Å². The Bertz CT molecular complexity index is 1340. The molecular weight excluding hydrogens is 460 g/mol. The van der Waals surface area contributed by atoms with Gasteiger partial charge in [0.05, 0.1) is 42.0 Å². The van der Waals surface area contributed by atoms with Crippen LogP contribution in [0.15, 0.2) is 28.7 Å². The SMILES string of the molecule is CNC(=O)c1c(-c2ccc(F)cc2)oc2nc3c(c(F)c12)[C@H](C)O[C@H](CO)CN3S(C)(=O)=O. The Morgan fingerprint density at radius 2 is 1.97 bits per heavy atom. The third-order valence-electron chi connectivity index (χ3n) is 5.37. The van der Waals surface area contributed by atoms with Gasteiger partial charge in [0.1, 0.15) is 23.5 Å². The van der Waals surface area contributed by atoms with Crippen molar-refractivity contribution in [3.63, 3.8) is 0 Å². The van der Waals surface area contributed by atoms with E-state index in [0.29, 0.717) is 5.56 Å². The molecule has 0 unspecified atom stereocenters. The van der Waals surface area contributed by atoms with Crippen LogP contribution in [0.2, 0.25) is 0 Å². The fourth-order valence-electron chi connectivity index (χ4n) is 3.85. The number of aliphatic hydroxyl groups is 1. The minimum Gasteiger partial charge on any atom is -0.437 e. The van der Waals surface area contributed by atoms with Crippen LogP contribution in [0.4, 0.5) is 14.6 Å². The molecular formula is C21H21F2N3O6S. The second kappa shape index (κ2) is 8.36. The predicted octanol–water partition coefficient (Wildman–Crippen LogP) is 2.35. The normalized spacial score (nSPS) is 18.8. The van der Waals surface area contributed by atoms with Crippen LogP contribution < -0.4 is 9.62 Å². The first-order valence-corrected chi connectivity index (χ1v) is 11.8. The number of nitrogens with zero attached hydrogens (tertiary/aromatic N) is 2. The number of hydrogen-bond acceptors (Lipinski definition) is 7. The van der Waals surface area contributed by atoms with E-state index in [0.717, 1.165) is 22.7 Å². The number of benzene rings is 1. The lowest BCUT2D eigenvalue weighted by Crippen LogP contribution is -2.38. The maximum absolute atomic E-state index is 16.0. The number of ether oxygens (including phenoxy) is 1. The summed E-state index contributed by atoms with van der Waals surface area (Å²) in [5, 5.41) is 11.7. The third-order valence-corrected chi connectivity index (χ3v) is 6.49. The van der Waals surface area contributed by atoms with Gasteiger partial charge in [0.2, 0.25) is 15.7 Å². The van der Waals surface area contributed by atoms with Crippen LogP contribution in [-0.2, 0) is 14.8 Å². The van der Waals surface area contributed by atoms with Crippen LogP contribution in [0.1, 0.15) is 28.9 Å². The second-order valence-electron chi connectivity index (χ2n) is 7.61. The standard InChI is InChI=1S/C21H21F2N3O6S/c1-10-14-17(23)15-16(20(28)24-2)18(11-4-6-12(22)7-5-11)32-21(15)25-19(14)26(33(3,29)30)8-13(9-27)31-10/h4-7,10,13,27H,8-9H2,1-3H3,(H,24,28)/t10-,13-/m0/s1. The van der Waals surface area contributed by atoms with Crippen molar-refractivity contribution in [1.82, 2.24) is 10.3 Å². The van der Waals surface area contributed by atoms with Crippen molar-refractivity contribution in [3.05, 3.63) is 47.0 Å². The highest BCUT2D eigenvalue weighted by Gasteiger charge is 2.38. The predicted molar refractivity (Wildman–Crippen MR) is 115 cm³/mol. The number of aliphatic hydroxyl groups excluding tert-OH is 1. The average molecular weight is 481 g/mol. The highest BCUT2D eigenvalue weighted by atomic mass is 32.2. The van der Waals surface area contributed by atoms with Gasteiger partial charge in [-0.2, -0.15) is 4.98 Å². The molecule has 2 atom stereocenters. The Balaban J connectivity index is 2.08. The van der Waals surface area contributed by atoms with Crippen molar-refractivity contribution in [2.45, 2.75) is 19.1 Å². The smallest absolute Gasteiger partial charge is 0.255 e. The van der Waals surface area contributed by atoms with Crippen LogP contribution in [0.25, 0.3) is 22.4 Å². The van der Waals surface area contributed by atoms with E-state index in [1.807, 2.05) is 0 Å². The first-order chi connectivity index (χ1) is 15.6. The van der Waals surface area contributed by atoms with Crippen molar-refractivity contribution in [2.75, 3.05) is 30.8 Å². The number of furan rings is 1. The molecule has 1 aromatic carbocycles. The van der Waals surface area contributed by atoms with E-state index in [1.54, 1.807) is 0 Å². The molecule has 12 heteroatoms. The molecule has 3 aromatic rings. The van der Waals surface area contributed by atoms with Gasteiger partial charge in [-0.1, -0.05) is 0 Å². The second-order valence-corrected chi connectivity index (χ2v) is 9.52. The summed E-state index contributed by atoms with van der Waals surface area (Å²) in [6.07, 6.45) is -1.00. The highest BCUT2D eigenvalue weighted by molar-refractivity contribution is 7.92. The van der Waals surface area contributed by atoms with Gasteiger partial charge in [0, 0.05) is 12.6 Å². The van der Waals surface area contributed by atoms with Crippen molar-refractivity contribution in [2.24, 2.45) is 0 Å². The number of carbonyl (C=O) groups excluding carboxylic acids is 1. The van der Waals surface area contributed by atoms with E-state index in [2.05, 4.69) is 10.3 Å². The molecule has 0 fully saturated rings. The molecule has 0 spiro atoms. The Labute approximate surface area is 188 Å². The number of amides is 1. The summed E-state index contributed by atoms with van der Waals surface area (Å²) in [6.45, 7) is 0.698. The van der Waals surface area contributed by atoms with E-state index in [4.69, 9.17) is 9.15 Å². The number of pyridine rings is 1. The quantitative estimate of drug-likeness (QED) is 0.587. The molecule has 2 N–H and O–H groups in total. The zero-order valence-electron chi connectivity index (χ0n) is 17.9. The van der Waals surface area contributed by atoms with Crippen LogP contribution in [0.3, 0.4) is 0 Å². The first kappa shape index (κ1) is 23.1. The molecule has 33 heavy (non-hydrogen) atoms. The summed E-state index contributed by atoms with van der Waals surface area (Å²) >= 11 is 0. The van der Waals surface area contributed by atoms with Crippen LogP contribution in [0.5, 0.6) is 0 Å². The molecule has 9 nitrogen and oxygen atoms in total. The summed E-state index contributed by atoms with van der Waals surface area (Å²) in [7, 11) is -2.59. The van der Waals surface area contributed by atoms with Gasteiger partial charge in [0.25, 0.3) is 5.91 Å². The maximum atomic E-state index is 16.0. The van der Waals surface area contributed by atoms with Gasteiger partial charge < -0.3 is 19.6 Å². The summed E-state index contributed by atoms with van der Waals surface area (Å²) < 4.78 is 66.7. The van der Waals surface area contributed by atoms with Crippen LogP contribution in [-0.4, -0.2) is 57.0 Å². The zero-order chi connectivity index (χ0) is 24.1. The fraction of sp³-hybridized carbons (Fsp3) is 0.333. The minimum atomic E-state index is -3.95. The molecule has 1 amide bonds. The van der Waals surface area contributed by atoms with Gasteiger partial charge >= 0.3 is 0 Å². The lowest BCUT2D eigenvalue weighted by atomic mass is 10.0. The number of halogens is 2. The Kier molecular flexibility index (Phi) is 5.85. The minimum absolute atomic E-state index is 0.0522. The molecule has 3 heterocycles. The van der Waals surface area contributed by atoms with E-state index >= 15 is 4.39 Å². The first-order valence-electron chi connectivity index (χ1n) is 9.94. The van der Waals surface area contributed by atoms with E-state index in [9.17, 15) is 22.7 Å². The number of sulfonamides is 1. The van der Waals surface area contributed by atoms with Crippen molar-refractivity contribution >= 4 is 32.8 Å². The molecule has 2 aromatic heterocycles. The van der Waals surface area contributed by atoms with Gasteiger partial charge in [-0.15, -0.1) is 0 Å². The van der Waals surface area contributed by atoms with Crippen molar-refractivity contribution < 1.29 is 36.3 Å². The van der Waals surface area contributed by atoms with Crippen LogP contribution >= 0.6 is 0 Å². The van der Waals surface area contributed by atoms with Gasteiger partial charge in [-0.3, -0.25) is 9.10 Å². The number of anilines is 1. The molecule has 1 aliphatic rings. The monoisotopic (exact) mass is 481 g/mol. The topological polar surface area (TPSA) is 122 Å². The number of aromatic nitrogens is 1. The lowest BCUT2D eigenvalue weighted by molar-refractivity contribution is -0.0239. The summed E-state index contributed by atoms with van der Waals surface area (Å²) in [5.74, 6) is -2.44. The zero-order valence-corrected chi connectivity index (χ0v) is 18.7. The van der Waals surface area contributed by atoms with E-state index in [1.165, 1.54) is 26.1 Å². The Morgan fingerprint density at radius 1 is 1.30 bits per heavy atom. The average Bonchev–Trinajstić information content (AvgIpc) is 3.07. The van der Waals surface area contributed by atoms with Crippen LogP contribution in [0, 0.1) is 11.6 Å². The summed E-state index contributed by atoms with van der Waals surface area (Å²) in [4.78, 5) is 17.0. The number of fused-ring (bicyclic) bond motifs is 2. The molecule has 0 aliphatic carbocycles. The molecule has 0 saturated heterocycles. The number of carbonyl (C=O) groups is 1. The molecule has 0 saturated carbocycles. The Hall–Kier alpha value is -3.09. The van der Waals surface area contributed by atoms with Gasteiger partial charge in [-0.25, -0.2) is 17.2 Å². The molecule has 176 valence electrons. The molecule has 0 bridgehead atoms. The van der Waals surface area contributed by atoms with Gasteiger partial charge in [-0.05, 0) is 31.2 Å². The molecule has 4 rings (SSSR count). The fourth-order valence-corrected chi connectivity index (χ4v) is 4.74. The van der Waals surface area contributed by atoms with Gasteiger partial charge in [0.15, 0.2) is 5.82 Å². The van der Waals surface area contributed by atoms with E-state index < -0.39 is 46.4 Å².